The lowest BCUT2D eigenvalue weighted by atomic mass is 10.00. The quantitative estimate of drug-likeness (QED) is 0.652. The van der Waals surface area contributed by atoms with Crippen molar-refractivity contribution in [3.8, 4) is 0 Å². The van der Waals surface area contributed by atoms with Gasteiger partial charge in [0.2, 0.25) is 11.8 Å². The van der Waals surface area contributed by atoms with Crippen molar-refractivity contribution in [3.05, 3.63) is 0 Å². The van der Waals surface area contributed by atoms with E-state index in [9.17, 15) is 9.59 Å². The number of rotatable bonds is 2. The van der Waals surface area contributed by atoms with Gasteiger partial charge in [0.1, 0.15) is 0 Å². The fraction of sp³-hybridized carbons (Fsp3) is 0.818. The van der Waals surface area contributed by atoms with Gasteiger partial charge in [-0.05, 0) is 0 Å². The summed E-state index contributed by atoms with van der Waals surface area (Å²) >= 11 is 0. The van der Waals surface area contributed by atoms with Gasteiger partial charge in [-0.1, -0.05) is 13.8 Å². The van der Waals surface area contributed by atoms with Gasteiger partial charge in [0.05, 0.1) is 19.3 Å². The van der Waals surface area contributed by atoms with E-state index in [1.807, 2.05) is 13.8 Å². The Balaban J connectivity index is 1.98. The van der Waals surface area contributed by atoms with Crippen LogP contribution in [0.15, 0.2) is 0 Å². The molecule has 0 spiro atoms. The van der Waals surface area contributed by atoms with Crippen LogP contribution in [0.4, 0.5) is 0 Å². The number of imide groups is 1. The average Bonchev–Trinajstić information content (AvgIpc) is 2.48. The summed E-state index contributed by atoms with van der Waals surface area (Å²) in [5.41, 5.74) is 0. The molecule has 3 atom stereocenters. The van der Waals surface area contributed by atoms with Gasteiger partial charge in [0, 0.05) is 24.9 Å². The van der Waals surface area contributed by atoms with Gasteiger partial charge in [-0.25, -0.2) is 0 Å². The molecule has 0 aromatic heterocycles. The van der Waals surface area contributed by atoms with Crippen molar-refractivity contribution in [3.63, 3.8) is 0 Å². The maximum Gasteiger partial charge on any atom is 0.232 e. The molecule has 2 aliphatic rings. The van der Waals surface area contributed by atoms with E-state index in [1.54, 1.807) is 0 Å². The van der Waals surface area contributed by atoms with Crippen molar-refractivity contribution in [2.45, 2.75) is 20.0 Å². The number of hydrogen-bond acceptors (Lipinski definition) is 4. The zero-order valence-electron chi connectivity index (χ0n) is 9.73. The van der Waals surface area contributed by atoms with Crippen molar-refractivity contribution < 1.29 is 14.3 Å². The van der Waals surface area contributed by atoms with E-state index in [4.69, 9.17) is 4.74 Å². The summed E-state index contributed by atoms with van der Waals surface area (Å²) in [6.07, 6.45) is -0.0563. The van der Waals surface area contributed by atoms with Crippen LogP contribution in [0.2, 0.25) is 0 Å². The Kier molecular flexibility index (Phi) is 3.25. The van der Waals surface area contributed by atoms with Crippen LogP contribution < -0.4 is 5.32 Å². The molecule has 0 aromatic carbocycles. The summed E-state index contributed by atoms with van der Waals surface area (Å²) in [6, 6.07) is 0. The first-order valence-electron chi connectivity index (χ1n) is 5.79. The predicted molar refractivity (Wildman–Crippen MR) is 57.7 cm³/mol. The molecule has 16 heavy (non-hydrogen) atoms. The number of carbonyl (C=O) groups excluding carboxylic acids is 2. The minimum atomic E-state index is -0.191. The standard InChI is InChI=1S/C11H18N2O3/c1-7-8(2)11(15)13(10(7)14)6-9-5-12-3-4-16-9/h7-9,12H,3-6H2,1-2H3. The van der Waals surface area contributed by atoms with E-state index in [2.05, 4.69) is 5.32 Å². The van der Waals surface area contributed by atoms with Crippen LogP contribution in [0.1, 0.15) is 13.8 Å². The molecule has 0 bridgehead atoms. The van der Waals surface area contributed by atoms with Crippen LogP contribution >= 0.6 is 0 Å². The van der Waals surface area contributed by atoms with Crippen molar-refractivity contribution in [1.29, 1.82) is 0 Å². The summed E-state index contributed by atoms with van der Waals surface area (Å²) < 4.78 is 5.50. The van der Waals surface area contributed by atoms with Gasteiger partial charge < -0.3 is 10.1 Å². The number of nitrogens with one attached hydrogen (secondary N) is 1. The number of nitrogens with zero attached hydrogens (tertiary/aromatic N) is 1. The first-order chi connectivity index (χ1) is 7.61. The van der Waals surface area contributed by atoms with Crippen LogP contribution in [-0.2, 0) is 14.3 Å². The molecule has 2 heterocycles. The number of likely N-dealkylation sites (tertiary alicyclic amines) is 1. The summed E-state index contributed by atoms with van der Waals surface area (Å²) in [7, 11) is 0. The second-order valence-electron chi connectivity index (χ2n) is 4.56. The molecule has 2 saturated heterocycles. The molecular weight excluding hydrogens is 208 g/mol. The minimum absolute atomic E-state index is 0.0563. The van der Waals surface area contributed by atoms with Gasteiger partial charge in [-0.15, -0.1) is 0 Å². The SMILES string of the molecule is CC1C(=O)N(CC2CNCCO2)C(=O)C1C. The minimum Gasteiger partial charge on any atom is -0.374 e. The highest BCUT2D eigenvalue weighted by atomic mass is 16.5. The normalized spacial score (nSPS) is 35.9. The van der Waals surface area contributed by atoms with Crippen LogP contribution in [-0.4, -0.2) is 49.1 Å². The lowest BCUT2D eigenvalue weighted by Gasteiger charge is -2.27. The second kappa shape index (κ2) is 4.51. The Morgan fingerprint density at radius 3 is 2.44 bits per heavy atom. The van der Waals surface area contributed by atoms with Crippen LogP contribution in [0.3, 0.4) is 0 Å². The fourth-order valence-electron chi connectivity index (χ4n) is 2.15. The van der Waals surface area contributed by atoms with Crippen molar-refractivity contribution in [2.24, 2.45) is 11.8 Å². The monoisotopic (exact) mass is 226 g/mol. The van der Waals surface area contributed by atoms with E-state index in [-0.39, 0.29) is 29.8 Å². The Morgan fingerprint density at radius 1 is 1.31 bits per heavy atom. The highest BCUT2D eigenvalue weighted by molar-refractivity contribution is 6.04. The van der Waals surface area contributed by atoms with E-state index < -0.39 is 0 Å². The van der Waals surface area contributed by atoms with Gasteiger partial charge in [0.15, 0.2) is 0 Å². The molecule has 0 saturated carbocycles. The van der Waals surface area contributed by atoms with Crippen molar-refractivity contribution in [2.75, 3.05) is 26.2 Å². The summed E-state index contributed by atoms with van der Waals surface area (Å²) in [6.45, 7) is 6.20. The maximum atomic E-state index is 11.8. The highest BCUT2D eigenvalue weighted by Crippen LogP contribution is 2.25. The molecule has 1 N–H and O–H groups in total. The molecule has 2 rings (SSSR count). The van der Waals surface area contributed by atoms with Crippen LogP contribution in [0.5, 0.6) is 0 Å². The smallest absolute Gasteiger partial charge is 0.232 e. The number of hydrogen-bond donors (Lipinski definition) is 1. The van der Waals surface area contributed by atoms with Gasteiger partial charge in [-0.2, -0.15) is 0 Å². The predicted octanol–water partition coefficient (Wildman–Crippen LogP) is -0.384. The largest absolute Gasteiger partial charge is 0.374 e. The molecule has 2 amide bonds. The number of carbonyl (C=O) groups is 2. The zero-order valence-corrected chi connectivity index (χ0v) is 9.73. The lowest BCUT2D eigenvalue weighted by Crippen LogP contribution is -2.47. The first-order valence-corrected chi connectivity index (χ1v) is 5.79. The number of ether oxygens (including phenoxy) is 1. The molecule has 0 radical (unpaired) electrons. The first kappa shape index (κ1) is 11.5. The topological polar surface area (TPSA) is 58.6 Å². The van der Waals surface area contributed by atoms with Crippen molar-refractivity contribution in [1.82, 2.24) is 10.2 Å². The van der Waals surface area contributed by atoms with Gasteiger partial charge in [0.25, 0.3) is 0 Å². The molecule has 0 aliphatic carbocycles. The number of morpholine rings is 1. The molecule has 2 fully saturated rings. The molecule has 5 nitrogen and oxygen atoms in total. The van der Waals surface area contributed by atoms with Crippen LogP contribution in [0.25, 0.3) is 0 Å². The molecule has 5 heteroatoms. The Morgan fingerprint density at radius 2 is 1.94 bits per heavy atom. The summed E-state index contributed by atoms with van der Waals surface area (Å²) in [5, 5.41) is 3.19. The number of amides is 2. The lowest BCUT2D eigenvalue weighted by molar-refractivity contribution is -0.142. The second-order valence-corrected chi connectivity index (χ2v) is 4.56. The molecule has 0 aromatic rings. The molecule has 90 valence electrons. The van der Waals surface area contributed by atoms with E-state index in [1.165, 1.54) is 4.90 Å². The Hall–Kier alpha value is -0.940. The molecular formula is C11H18N2O3. The Bertz CT molecular complexity index is 280. The molecule has 2 aliphatic heterocycles. The molecule has 3 unspecified atom stereocenters. The van der Waals surface area contributed by atoms with E-state index in [0.717, 1.165) is 6.54 Å². The zero-order chi connectivity index (χ0) is 11.7. The highest BCUT2D eigenvalue weighted by Gasteiger charge is 2.43. The summed E-state index contributed by atoms with van der Waals surface area (Å²) in [4.78, 5) is 25.0. The van der Waals surface area contributed by atoms with Crippen molar-refractivity contribution >= 4 is 11.8 Å². The third-order valence-electron chi connectivity index (χ3n) is 3.45. The Labute approximate surface area is 95.1 Å². The third kappa shape index (κ3) is 1.97. The summed E-state index contributed by atoms with van der Waals surface area (Å²) in [5.74, 6) is -0.508. The van der Waals surface area contributed by atoms with E-state index in [0.29, 0.717) is 19.7 Å². The maximum absolute atomic E-state index is 11.8. The third-order valence-corrected chi connectivity index (χ3v) is 3.45. The van der Waals surface area contributed by atoms with Gasteiger partial charge >= 0.3 is 0 Å². The average molecular weight is 226 g/mol. The van der Waals surface area contributed by atoms with E-state index >= 15 is 0 Å². The fourth-order valence-corrected chi connectivity index (χ4v) is 2.15. The van der Waals surface area contributed by atoms with Gasteiger partial charge in [-0.3, -0.25) is 14.5 Å². The van der Waals surface area contributed by atoms with Crippen LogP contribution in [0, 0.1) is 11.8 Å².